The molecule has 2 rings (SSSR count). The molecule has 19 heavy (non-hydrogen) atoms. The van der Waals surface area contributed by atoms with Gasteiger partial charge in [0.15, 0.2) is 0 Å². The Morgan fingerprint density at radius 3 is 2.74 bits per heavy atom. The second kappa shape index (κ2) is 6.53. The van der Waals surface area contributed by atoms with Crippen molar-refractivity contribution in [1.29, 1.82) is 0 Å². The minimum absolute atomic E-state index is 0.203. The Balaban J connectivity index is 1.98. The molecule has 0 bridgehead atoms. The van der Waals surface area contributed by atoms with Gasteiger partial charge in [-0.2, -0.15) is 0 Å². The van der Waals surface area contributed by atoms with E-state index in [1.807, 2.05) is 0 Å². The van der Waals surface area contributed by atoms with E-state index in [0.717, 1.165) is 19.1 Å². The van der Waals surface area contributed by atoms with Gasteiger partial charge in [-0.1, -0.05) is 6.92 Å². The van der Waals surface area contributed by atoms with Gasteiger partial charge < -0.3 is 10.6 Å². The molecule has 4 nitrogen and oxygen atoms in total. The smallest absolute Gasteiger partial charge is 0.0456 e. The van der Waals surface area contributed by atoms with E-state index >= 15 is 0 Å². The summed E-state index contributed by atoms with van der Waals surface area (Å²) in [6, 6.07) is 0.741. The molecule has 112 valence electrons. The first-order valence-electron chi connectivity index (χ1n) is 7.95. The van der Waals surface area contributed by atoms with Crippen molar-refractivity contribution in [1.82, 2.24) is 14.7 Å². The van der Waals surface area contributed by atoms with Crippen molar-refractivity contribution >= 4 is 0 Å². The third-order valence-electron chi connectivity index (χ3n) is 5.33. The van der Waals surface area contributed by atoms with Crippen LogP contribution in [-0.4, -0.2) is 79.6 Å². The molecule has 0 aromatic heterocycles. The van der Waals surface area contributed by atoms with Gasteiger partial charge in [-0.25, -0.2) is 0 Å². The molecule has 2 aliphatic rings. The van der Waals surface area contributed by atoms with Gasteiger partial charge in [0.25, 0.3) is 0 Å². The molecule has 4 heteroatoms. The third kappa shape index (κ3) is 3.30. The fraction of sp³-hybridized carbons (Fsp3) is 1.00. The summed E-state index contributed by atoms with van der Waals surface area (Å²) in [6.45, 7) is 9.06. The minimum Gasteiger partial charge on any atom is -0.329 e. The maximum Gasteiger partial charge on any atom is 0.0456 e. The first kappa shape index (κ1) is 15.2. The molecule has 0 aliphatic carbocycles. The standard InChI is InChI=1S/C15H32N4/c1-4-19-10-5-7-14(19)11-18(3)15(12-16)8-6-9-17(2)13-15/h14H,4-13,16H2,1-3H3. The van der Waals surface area contributed by atoms with Crippen molar-refractivity contribution in [2.24, 2.45) is 5.73 Å². The first-order chi connectivity index (χ1) is 9.11. The van der Waals surface area contributed by atoms with Crippen LogP contribution in [0.5, 0.6) is 0 Å². The SMILES string of the molecule is CCN1CCCC1CN(C)C1(CN)CCCN(C)C1. The van der Waals surface area contributed by atoms with Gasteiger partial charge in [0.2, 0.25) is 0 Å². The lowest BCUT2D eigenvalue weighted by Crippen LogP contribution is -2.62. The molecule has 0 amide bonds. The maximum atomic E-state index is 6.16. The average molecular weight is 268 g/mol. The van der Waals surface area contributed by atoms with Gasteiger partial charge in [0, 0.05) is 31.2 Å². The lowest BCUT2D eigenvalue weighted by molar-refractivity contribution is 0.0294. The second-order valence-electron chi connectivity index (χ2n) is 6.57. The molecular weight excluding hydrogens is 236 g/mol. The summed E-state index contributed by atoms with van der Waals surface area (Å²) < 4.78 is 0. The lowest BCUT2D eigenvalue weighted by Gasteiger charge is -2.48. The van der Waals surface area contributed by atoms with Crippen LogP contribution in [0, 0.1) is 0 Å². The van der Waals surface area contributed by atoms with Gasteiger partial charge >= 0.3 is 0 Å². The van der Waals surface area contributed by atoms with Crippen LogP contribution in [0.2, 0.25) is 0 Å². The largest absolute Gasteiger partial charge is 0.329 e. The lowest BCUT2D eigenvalue weighted by atomic mass is 9.87. The molecule has 0 aromatic carbocycles. The number of hydrogen-bond acceptors (Lipinski definition) is 4. The Morgan fingerprint density at radius 2 is 2.11 bits per heavy atom. The van der Waals surface area contributed by atoms with Crippen LogP contribution < -0.4 is 5.73 Å². The van der Waals surface area contributed by atoms with Crippen LogP contribution in [-0.2, 0) is 0 Å². The van der Waals surface area contributed by atoms with Crippen molar-refractivity contribution in [2.45, 2.75) is 44.2 Å². The summed E-state index contributed by atoms with van der Waals surface area (Å²) in [5.41, 5.74) is 6.36. The monoisotopic (exact) mass is 268 g/mol. The van der Waals surface area contributed by atoms with Crippen LogP contribution >= 0.6 is 0 Å². The summed E-state index contributed by atoms with van der Waals surface area (Å²) in [5, 5.41) is 0. The van der Waals surface area contributed by atoms with E-state index in [1.165, 1.54) is 51.9 Å². The third-order valence-corrected chi connectivity index (χ3v) is 5.33. The Bertz CT molecular complexity index is 283. The maximum absolute atomic E-state index is 6.16. The number of piperidine rings is 1. The van der Waals surface area contributed by atoms with E-state index < -0.39 is 0 Å². The quantitative estimate of drug-likeness (QED) is 0.801. The van der Waals surface area contributed by atoms with Gasteiger partial charge in [-0.05, 0) is 59.4 Å². The van der Waals surface area contributed by atoms with Crippen LogP contribution in [0.4, 0.5) is 0 Å². The van der Waals surface area contributed by atoms with Gasteiger partial charge in [-0.15, -0.1) is 0 Å². The van der Waals surface area contributed by atoms with Crippen molar-refractivity contribution in [3.05, 3.63) is 0 Å². The van der Waals surface area contributed by atoms with Gasteiger partial charge in [0.05, 0.1) is 0 Å². The summed E-state index contributed by atoms with van der Waals surface area (Å²) >= 11 is 0. The summed E-state index contributed by atoms with van der Waals surface area (Å²) in [5.74, 6) is 0. The number of hydrogen-bond donors (Lipinski definition) is 1. The van der Waals surface area contributed by atoms with Crippen molar-refractivity contribution in [3.8, 4) is 0 Å². The second-order valence-corrected chi connectivity index (χ2v) is 6.57. The minimum atomic E-state index is 0.203. The van der Waals surface area contributed by atoms with E-state index in [4.69, 9.17) is 5.73 Å². The fourth-order valence-corrected chi connectivity index (χ4v) is 4.00. The van der Waals surface area contributed by atoms with Crippen LogP contribution in [0.25, 0.3) is 0 Å². The van der Waals surface area contributed by atoms with Gasteiger partial charge in [-0.3, -0.25) is 9.80 Å². The molecular formula is C15H32N4. The number of rotatable bonds is 5. The molecule has 2 saturated heterocycles. The molecule has 0 spiro atoms. The van der Waals surface area contributed by atoms with E-state index in [-0.39, 0.29) is 5.54 Å². The Hall–Kier alpha value is -0.160. The predicted molar refractivity (Wildman–Crippen MR) is 81.4 cm³/mol. The van der Waals surface area contributed by atoms with E-state index in [2.05, 4.69) is 35.7 Å². The first-order valence-corrected chi connectivity index (χ1v) is 7.95. The molecule has 2 N–H and O–H groups in total. The number of nitrogens with two attached hydrogens (primary N) is 1. The zero-order chi connectivity index (χ0) is 13.9. The average Bonchev–Trinajstić information content (AvgIpc) is 2.85. The summed E-state index contributed by atoms with van der Waals surface area (Å²) in [6.07, 6.45) is 5.25. The molecule has 0 saturated carbocycles. The fourth-order valence-electron chi connectivity index (χ4n) is 4.00. The molecule has 2 unspecified atom stereocenters. The van der Waals surface area contributed by atoms with E-state index in [1.54, 1.807) is 0 Å². The van der Waals surface area contributed by atoms with Crippen molar-refractivity contribution < 1.29 is 0 Å². The molecule has 2 aliphatic heterocycles. The highest BCUT2D eigenvalue weighted by molar-refractivity contribution is 4.97. The summed E-state index contributed by atoms with van der Waals surface area (Å²) in [7, 11) is 4.52. The Labute approximate surface area is 118 Å². The highest BCUT2D eigenvalue weighted by Gasteiger charge is 2.38. The van der Waals surface area contributed by atoms with Crippen LogP contribution in [0.1, 0.15) is 32.6 Å². The zero-order valence-corrected chi connectivity index (χ0v) is 13.1. The normalized spacial score (nSPS) is 34.3. The highest BCUT2D eigenvalue weighted by atomic mass is 15.3. The van der Waals surface area contributed by atoms with E-state index in [9.17, 15) is 0 Å². The molecule has 2 heterocycles. The summed E-state index contributed by atoms with van der Waals surface area (Å²) in [4.78, 5) is 7.65. The van der Waals surface area contributed by atoms with E-state index in [0.29, 0.717) is 0 Å². The number of likely N-dealkylation sites (N-methyl/N-ethyl adjacent to an activating group) is 3. The Kier molecular flexibility index (Phi) is 5.23. The Morgan fingerprint density at radius 1 is 1.32 bits per heavy atom. The predicted octanol–water partition coefficient (Wildman–Crippen LogP) is 0.826. The zero-order valence-electron chi connectivity index (χ0n) is 13.1. The number of nitrogens with zero attached hydrogens (tertiary/aromatic N) is 3. The van der Waals surface area contributed by atoms with Crippen LogP contribution in [0.15, 0.2) is 0 Å². The number of likely N-dealkylation sites (tertiary alicyclic amines) is 2. The molecule has 0 aromatic rings. The highest BCUT2D eigenvalue weighted by Crippen LogP contribution is 2.27. The van der Waals surface area contributed by atoms with Crippen LogP contribution in [0.3, 0.4) is 0 Å². The topological polar surface area (TPSA) is 35.7 Å². The molecule has 0 radical (unpaired) electrons. The van der Waals surface area contributed by atoms with Gasteiger partial charge in [0.1, 0.15) is 0 Å². The van der Waals surface area contributed by atoms with Crippen molar-refractivity contribution in [2.75, 3.05) is 53.4 Å². The molecule has 2 fully saturated rings. The molecule has 2 atom stereocenters. The van der Waals surface area contributed by atoms with Crippen molar-refractivity contribution in [3.63, 3.8) is 0 Å².